The van der Waals surface area contributed by atoms with Gasteiger partial charge in [-0.15, -0.1) is 0 Å². The fourth-order valence-electron chi connectivity index (χ4n) is 2.08. The van der Waals surface area contributed by atoms with Crippen LogP contribution in [0.15, 0.2) is 51.4 Å². The summed E-state index contributed by atoms with van der Waals surface area (Å²) in [6, 6.07) is 14.8. The largest absolute Gasteiger partial charge is 0.324 e. The Bertz CT molecular complexity index is 549. The minimum absolute atomic E-state index is 0.00921. The van der Waals surface area contributed by atoms with Gasteiger partial charge in [-0.25, -0.2) is 0 Å². The molecule has 2 aromatic carbocycles. The predicted molar refractivity (Wildman–Crippen MR) is 88.3 cm³/mol. The number of nitrogens with two attached hydrogens (primary N) is 1. The number of hydrogen-bond donors (Lipinski definition) is 1. The van der Waals surface area contributed by atoms with E-state index in [2.05, 4.69) is 69.1 Å². The molecule has 0 fully saturated rings. The molecule has 2 N–H and O–H groups in total. The Balaban J connectivity index is 2.13. The van der Waals surface area contributed by atoms with Gasteiger partial charge in [-0.1, -0.05) is 69.1 Å². The van der Waals surface area contributed by atoms with Crippen molar-refractivity contribution in [1.82, 2.24) is 0 Å². The van der Waals surface area contributed by atoms with E-state index in [0.717, 1.165) is 27.4 Å². The van der Waals surface area contributed by atoms with Crippen LogP contribution in [0.1, 0.15) is 29.7 Å². The number of aryl methyl sites for hydroxylation is 1. The number of halogens is 2. The first kappa shape index (κ1) is 14.8. The van der Waals surface area contributed by atoms with Crippen LogP contribution >= 0.6 is 31.9 Å². The summed E-state index contributed by atoms with van der Waals surface area (Å²) in [6.45, 7) is 2.17. The molecule has 0 radical (unpaired) electrons. The maximum atomic E-state index is 6.30. The Labute approximate surface area is 131 Å². The smallest absolute Gasteiger partial charge is 0.0347 e. The summed E-state index contributed by atoms with van der Waals surface area (Å²) in [5.41, 5.74) is 10.1. The fraction of sp³-hybridized carbons (Fsp3) is 0.250. The fourth-order valence-corrected chi connectivity index (χ4v) is 3.42. The lowest BCUT2D eigenvalue weighted by molar-refractivity contribution is 0.718. The van der Waals surface area contributed by atoms with Crippen molar-refractivity contribution in [3.8, 4) is 0 Å². The van der Waals surface area contributed by atoms with Gasteiger partial charge in [0.15, 0.2) is 0 Å². The van der Waals surface area contributed by atoms with E-state index in [9.17, 15) is 0 Å². The maximum absolute atomic E-state index is 6.30. The van der Waals surface area contributed by atoms with E-state index in [4.69, 9.17) is 5.73 Å². The Hall–Kier alpha value is -0.640. The van der Waals surface area contributed by atoms with E-state index < -0.39 is 0 Å². The first-order chi connectivity index (χ1) is 9.10. The number of hydrogen-bond acceptors (Lipinski definition) is 1. The van der Waals surface area contributed by atoms with Crippen LogP contribution in [0.2, 0.25) is 0 Å². The second kappa shape index (κ2) is 6.69. The van der Waals surface area contributed by atoms with Gasteiger partial charge in [0.2, 0.25) is 0 Å². The monoisotopic (exact) mass is 381 g/mol. The second-order valence-corrected chi connectivity index (χ2v) is 6.42. The Morgan fingerprint density at radius 1 is 1.00 bits per heavy atom. The first-order valence-corrected chi connectivity index (χ1v) is 7.97. The van der Waals surface area contributed by atoms with Crippen LogP contribution in [-0.2, 0) is 12.8 Å². The lowest BCUT2D eigenvalue weighted by Crippen LogP contribution is -2.14. The topological polar surface area (TPSA) is 26.0 Å². The molecule has 0 saturated heterocycles. The zero-order valence-electron chi connectivity index (χ0n) is 10.9. The van der Waals surface area contributed by atoms with Crippen molar-refractivity contribution < 1.29 is 0 Å². The molecule has 19 heavy (non-hydrogen) atoms. The highest BCUT2D eigenvalue weighted by atomic mass is 79.9. The predicted octanol–water partition coefficient (Wildman–Crippen LogP) is 5.02. The van der Waals surface area contributed by atoms with E-state index in [1.54, 1.807) is 0 Å². The molecule has 0 bridgehead atoms. The summed E-state index contributed by atoms with van der Waals surface area (Å²) in [4.78, 5) is 0. The molecule has 1 nitrogen and oxygen atoms in total. The zero-order chi connectivity index (χ0) is 13.8. The average Bonchev–Trinajstić information content (AvgIpc) is 2.39. The van der Waals surface area contributed by atoms with Gasteiger partial charge in [0.1, 0.15) is 0 Å². The summed E-state index contributed by atoms with van der Waals surface area (Å²) in [5.74, 6) is 0. The normalized spacial score (nSPS) is 12.4. The lowest BCUT2D eigenvalue weighted by Gasteiger charge is -2.14. The third-order valence-electron chi connectivity index (χ3n) is 3.25. The van der Waals surface area contributed by atoms with Crippen molar-refractivity contribution in [2.24, 2.45) is 5.73 Å². The summed E-state index contributed by atoms with van der Waals surface area (Å²) in [6.07, 6.45) is 1.93. The van der Waals surface area contributed by atoms with Crippen molar-refractivity contribution in [2.45, 2.75) is 25.8 Å². The second-order valence-electron chi connectivity index (χ2n) is 4.65. The van der Waals surface area contributed by atoms with Crippen LogP contribution in [0.5, 0.6) is 0 Å². The molecule has 0 aliphatic heterocycles. The summed E-state index contributed by atoms with van der Waals surface area (Å²) >= 11 is 7.03. The molecule has 1 unspecified atom stereocenters. The van der Waals surface area contributed by atoms with Gasteiger partial charge in [0.25, 0.3) is 0 Å². The van der Waals surface area contributed by atoms with E-state index in [1.165, 1.54) is 11.1 Å². The molecule has 1 atom stereocenters. The molecule has 0 aliphatic carbocycles. The van der Waals surface area contributed by atoms with E-state index in [0.29, 0.717) is 0 Å². The molecular weight excluding hydrogens is 366 g/mol. The standard InChI is InChI=1S/C16H17Br2N/c1-2-11-3-5-12(6-4-11)9-16(19)14-8-7-13(17)10-15(14)18/h3-8,10,16H,2,9,19H2,1H3. The Morgan fingerprint density at radius 2 is 1.63 bits per heavy atom. The maximum Gasteiger partial charge on any atom is 0.0347 e. The average molecular weight is 383 g/mol. The molecule has 0 aliphatic rings. The van der Waals surface area contributed by atoms with Gasteiger partial charge in [0.05, 0.1) is 0 Å². The molecule has 2 rings (SSSR count). The van der Waals surface area contributed by atoms with Crippen LogP contribution in [0.25, 0.3) is 0 Å². The van der Waals surface area contributed by atoms with Gasteiger partial charge < -0.3 is 5.73 Å². The molecule has 0 saturated carbocycles. The highest BCUT2D eigenvalue weighted by molar-refractivity contribution is 9.11. The van der Waals surface area contributed by atoms with Gasteiger partial charge in [-0.2, -0.15) is 0 Å². The molecule has 0 aromatic heterocycles. The van der Waals surface area contributed by atoms with Gasteiger partial charge in [-0.3, -0.25) is 0 Å². The van der Waals surface area contributed by atoms with Crippen LogP contribution in [0.4, 0.5) is 0 Å². The zero-order valence-corrected chi connectivity index (χ0v) is 14.0. The van der Waals surface area contributed by atoms with Crippen LogP contribution in [-0.4, -0.2) is 0 Å². The lowest BCUT2D eigenvalue weighted by atomic mass is 9.99. The molecule has 0 spiro atoms. The van der Waals surface area contributed by atoms with Gasteiger partial charge in [0, 0.05) is 15.0 Å². The Morgan fingerprint density at radius 3 is 2.21 bits per heavy atom. The highest BCUT2D eigenvalue weighted by Gasteiger charge is 2.11. The van der Waals surface area contributed by atoms with Crippen molar-refractivity contribution in [3.05, 3.63) is 68.1 Å². The molecule has 100 valence electrons. The molecular formula is C16H17Br2N. The quantitative estimate of drug-likeness (QED) is 0.789. The molecule has 0 heterocycles. The van der Waals surface area contributed by atoms with Gasteiger partial charge in [-0.05, 0) is 41.7 Å². The van der Waals surface area contributed by atoms with Crippen molar-refractivity contribution in [1.29, 1.82) is 0 Å². The first-order valence-electron chi connectivity index (χ1n) is 6.38. The summed E-state index contributed by atoms with van der Waals surface area (Å²) in [7, 11) is 0. The van der Waals surface area contributed by atoms with Crippen molar-refractivity contribution in [3.63, 3.8) is 0 Å². The van der Waals surface area contributed by atoms with E-state index in [-0.39, 0.29) is 6.04 Å². The van der Waals surface area contributed by atoms with Crippen molar-refractivity contribution in [2.75, 3.05) is 0 Å². The van der Waals surface area contributed by atoms with E-state index >= 15 is 0 Å². The molecule has 0 amide bonds. The summed E-state index contributed by atoms with van der Waals surface area (Å²) in [5, 5.41) is 0. The third-order valence-corrected chi connectivity index (χ3v) is 4.43. The minimum Gasteiger partial charge on any atom is -0.324 e. The molecule has 2 aromatic rings. The third kappa shape index (κ3) is 3.91. The van der Waals surface area contributed by atoms with Crippen LogP contribution in [0, 0.1) is 0 Å². The summed E-state index contributed by atoms with van der Waals surface area (Å²) < 4.78 is 2.11. The highest BCUT2D eigenvalue weighted by Crippen LogP contribution is 2.27. The Kier molecular flexibility index (Phi) is 5.20. The van der Waals surface area contributed by atoms with Crippen molar-refractivity contribution >= 4 is 31.9 Å². The SMILES string of the molecule is CCc1ccc(CC(N)c2ccc(Br)cc2Br)cc1. The van der Waals surface area contributed by atoms with Crippen LogP contribution in [0.3, 0.4) is 0 Å². The number of rotatable bonds is 4. The van der Waals surface area contributed by atoms with Gasteiger partial charge >= 0.3 is 0 Å². The van der Waals surface area contributed by atoms with E-state index in [1.807, 2.05) is 12.1 Å². The van der Waals surface area contributed by atoms with Crippen LogP contribution < -0.4 is 5.73 Å². The molecule has 3 heteroatoms. The number of benzene rings is 2. The minimum atomic E-state index is 0.00921.